The number of imidazole rings is 1. The molecule has 5 rings (SSSR count). The number of sulfonamides is 1. The summed E-state index contributed by atoms with van der Waals surface area (Å²) in [7, 11) is -6.85. The van der Waals surface area contributed by atoms with Crippen LogP contribution >= 0.6 is 7.75 Å². The van der Waals surface area contributed by atoms with Gasteiger partial charge in [0, 0.05) is 18.5 Å². The Kier molecular flexibility index (Phi) is 11.4. The van der Waals surface area contributed by atoms with Crippen molar-refractivity contribution in [3.8, 4) is 5.75 Å². The number of hydrogen-bond donors (Lipinski definition) is 4. The Morgan fingerprint density at radius 1 is 1.13 bits per heavy atom. The van der Waals surface area contributed by atoms with Gasteiger partial charge in [0.2, 0.25) is 16.0 Å². The number of esters is 1. The number of halogens is 3. The fourth-order valence-electron chi connectivity index (χ4n) is 5.49. The van der Waals surface area contributed by atoms with Crippen LogP contribution in [0.3, 0.4) is 0 Å². The minimum Gasteiger partial charge on any atom is -0.459 e. The molecule has 22 heteroatoms. The predicted molar refractivity (Wildman–Crippen MR) is 184 cm³/mol. The Labute approximate surface area is 302 Å². The minimum absolute atomic E-state index is 0.0403. The topological polar surface area (TPSA) is 222 Å². The van der Waals surface area contributed by atoms with E-state index in [2.05, 4.69) is 24.9 Å². The van der Waals surface area contributed by atoms with Crippen LogP contribution in [0.4, 0.5) is 24.9 Å². The lowest BCUT2D eigenvalue weighted by molar-refractivity contribution is -0.152. The maximum atomic E-state index is 14.3. The molecule has 0 spiro atoms. The number of rotatable bonds is 14. The first-order chi connectivity index (χ1) is 24.7. The number of para-hydroxylation sites is 1. The average Bonchev–Trinajstić information content (AvgIpc) is 3.60. The third kappa shape index (κ3) is 9.42. The Morgan fingerprint density at radius 2 is 1.79 bits per heavy atom. The second kappa shape index (κ2) is 15.2. The molecule has 0 aliphatic carbocycles. The van der Waals surface area contributed by atoms with Crippen LogP contribution in [-0.4, -0.2) is 76.7 Å². The summed E-state index contributed by atoms with van der Waals surface area (Å²) in [6.07, 6.45) is -5.68. The minimum atomic E-state index is -4.68. The van der Waals surface area contributed by atoms with Crippen molar-refractivity contribution in [1.82, 2.24) is 29.4 Å². The molecule has 0 radical (unpaired) electrons. The molecule has 2 aromatic heterocycles. The maximum Gasteiger partial charge on any atom is 0.459 e. The number of ether oxygens (including phenoxy) is 2. The number of nitrogens with two attached hydrogens (primary N) is 1. The number of anilines is 2. The van der Waals surface area contributed by atoms with Crippen molar-refractivity contribution in [2.24, 2.45) is 5.92 Å². The van der Waals surface area contributed by atoms with E-state index in [9.17, 15) is 36.1 Å². The Bertz CT molecular complexity index is 2110. The number of nitrogens with one attached hydrogen (secondary N) is 2. The average molecular weight is 787 g/mol. The quantitative estimate of drug-likeness (QED) is 0.0816. The highest BCUT2D eigenvalue weighted by molar-refractivity contribution is 7.88. The van der Waals surface area contributed by atoms with Gasteiger partial charge in [0.1, 0.15) is 30.2 Å². The van der Waals surface area contributed by atoms with E-state index in [-0.39, 0.29) is 34.2 Å². The number of alkyl halides is 3. The molecule has 0 amide bonds. The first-order valence-electron chi connectivity index (χ1n) is 15.8. The zero-order valence-electron chi connectivity index (χ0n) is 29.0. The maximum absolute atomic E-state index is 14.3. The molecule has 1 aliphatic heterocycles. The van der Waals surface area contributed by atoms with Gasteiger partial charge in [0.25, 0.3) is 0 Å². The third-order valence-electron chi connectivity index (χ3n) is 7.98. The number of nitrogen functional groups attached to an aromatic ring is 1. The molecule has 4 aromatic rings. The predicted octanol–water partition coefficient (Wildman–Crippen LogP) is 3.54. The van der Waals surface area contributed by atoms with Gasteiger partial charge in [0.05, 0.1) is 30.9 Å². The molecule has 3 unspecified atom stereocenters. The van der Waals surface area contributed by atoms with Crippen LogP contribution < -0.4 is 25.2 Å². The molecule has 288 valence electrons. The molecular formula is C31H38F3N8O9PS. The number of aromatic nitrogens is 4. The highest BCUT2D eigenvalue weighted by Crippen LogP contribution is 2.48. The van der Waals surface area contributed by atoms with Crippen LogP contribution in [0.5, 0.6) is 5.75 Å². The highest BCUT2D eigenvalue weighted by Gasteiger charge is 2.46. The summed E-state index contributed by atoms with van der Waals surface area (Å²) in [6.45, 7) is 2.96. The molecule has 3 heterocycles. The summed E-state index contributed by atoms with van der Waals surface area (Å²) in [5.74, 6) is -1.80. The number of nitrogens with zero attached hydrogens (tertiary/aromatic N) is 5. The highest BCUT2D eigenvalue weighted by atomic mass is 32.2. The van der Waals surface area contributed by atoms with Crippen LogP contribution in [-0.2, 0) is 46.2 Å². The molecule has 17 nitrogen and oxygen atoms in total. The van der Waals surface area contributed by atoms with E-state index >= 15 is 0 Å². The van der Waals surface area contributed by atoms with Crippen LogP contribution in [0, 0.1) is 5.92 Å². The molecule has 0 saturated carbocycles. The molecule has 5 atom stereocenters. The van der Waals surface area contributed by atoms with Crippen molar-refractivity contribution >= 4 is 46.7 Å². The van der Waals surface area contributed by atoms with Crippen LogP contribution in [0.2, 0.25) is 0 Å². The fraction of sp³-hybridized carbons (Fsp3) is 0.419. The number of aliphatic hydroxyl groups is 1. The smallest absolute Gasteiger partial charge is 0.459 e. The van der Waals surface area contributed by atoms with Gasteiger partial charge in [-0.2, -0.15) is 28.2 Å². The van der Waals surface area contributed by atoms with Crippen molar-refractivity contribution in [3.63, 3.8) is 0 Å². The Morgan fingerprint density at radius 3 is 2.45 bits per heavy atom. The van der Waals surface area contributed by atoms with Gasteiger partial charge in [-0.1, -0.05) is 43.3 Å². The van der Waals surface area contributed by atoms with Crippen molar-refractivity contribution in [2.45, 2.75) is 57.5 Å². The van der Waals surface area contributed by atoms with Gasteiger partial charge in [0.15, 0.2) is 17.0 Å². The second-order valence-electron chi connectivity index (χ2n) is 12.7. The summed E-state index contributed by atoms with van der Waals surface area (Å²) in [5.41, 5.74) is 3.15. The second-order valence-corrected chi connectivity index (χ2v) is 16.1. The molecule has 5 N–H and O–H groups in total. The van der Waals surface area contributed by atoms with Crippen molar-refractivity contribution in [3.05, 3.63) is 72.1 Å². The zero-order chi connectivity index (χ0) is 38.9. The zero-order valence-corrected chi connectivity index (χ0v) is 30.7. The van der Waals surface area contributed by atoms with Gasteiger partial charge in [-0.05, 0) is 32.0 Å². The monoisotopic (exact) mass is 786 g/mol. The van der Waals surface area contributed by atoms with E-state index < -0.39 is 78.6 Å². The first kappa shape index (κ1) is 39.8. The first-order valence-corrected chi connectivity index (χ1v) is 19.3. The largest absolute Gasteiger partial charge is 0.459 e. The van der Waals surface area contributed by atoms with Gasteiger partial charge in [-0.15, -0.1) is 4.83 Å². The van der Waals surface area contributed by atoms with Gasteiger partial charge >= 0.3 is 19.9 Å². The number of carbonyl (C=O) groups excluding carboxylic acids is 1. The molecule has 53 heavy (non-hydrogen) atoms. The SMILES string of the molecule is C[C@@H]1C(n2cnc3c(N(C)NS(C)(=O)=O)nc(N)nc32)OC(COP(=O)(NC(C)(C)C(=O)OCc2ccccc2C(F)(F)F)Oc2ccccc2)[C@H]1O. The van der Waals surface area contributed by atoms with E-state index in [1.54, 1.807) is 25.1 Å². The van der Waals surface area contributed by atoms with Crippen LogP contribution in [0.1, 0.15) is 38.1 Å². The number of hydrazine groups is 1. The van der Waals surface area contributed by atoms with Gasteiger partial charge in [-0.25, -0.2) is 18.0 Å². The van der Waals surface area contributed by atoms with Crippen molar-refractivity contribution in [2.75, 3.05) is 30.7 Å². The lowest BCUT2D eigenvalue weighted by Gasteiger charge is -2.30. The number of fused-ring (bicyclic) bond motifs is 1. The Balaban J connectivity index is 1.34. The fourth-order valence-corrected chi connectivity index (χ4v) is 7.75. The molecule has 0 bridgehead atoms. The standard InChI is InChI=1S/C31H38F3N8O9PS/c1-18-24(43)22(50-27(18)42-17-36-23-25(37-29(35)38-26(23)42)41(4)40-53(5,46)47)16-49-52(45,51-20-12-7-6-8-13-20)39-30(2,3)28(44)48-15-19-11-9-10-14-21(19)31(32,33)34/h6-14,17-18,22,24,27,40,43H,15-16H2,1-5H3,(H,39,45)(H2,35,37,38)/t18-,22?,24-,27?,52?/m0/s1. The van der Waals surface area contributed by atoms with Crippen molar-refractivity contribution < 1.29 is 54.6 Å². The number of carbonyl (C=O) groups is 1. The summed E-state index contributed by atoms with van der Waals surface area (Å²) >= 11 is 0. The molecular weight excluding hydrogens is 748 g/mol. The lowest BCUT2D eigenvalue weighted by atomic mass is 10.0. The number of benzene rings is 2. The summed E-state index contributed by atoms with van der Waals surface area (Å²) < 4.78 is 103. The van der Waals surface area contributed by atoms with Gasteiger partial charge in [-0.3, -0.25) is 18.9 Å². The van der Waals surface area contributed by atoms with E-state index in [0.717, 1.165) is 17.3 Å². The summed E-state index contributed by atoms with van der Waals surface area (Å²) in [6, 6.07) is 12.4. The summed E-state index contributed by atoms with van der Waals surface area (Å²) in [5, 5.41) is 14.8. The molecule has 2 aromatic carbocycles. The van der Waals surface area contributed by atoms with E-state index in [4.69, 9.17) is 24.3 Å². The normalized spacial score (nSPS) is 20.6. The van der Waals surface area contributed by atoms with Crippen LogP contribution in [0.25, 0.3) is 11.2 Å². The van der Waals surface area contributed by atoms with E-state index in [1.807, 2.05) is 0 Å². The summed E-state index contributed by atoms with van der Waals surface area (Å²) in [4.78, 5) is 28.1. The van der Waals surface area contributed by atoms with E-state index in [1.165, 1.54) is 62.1 Å². The van der Waals surface area contributed by atoms with Crippen molar-refractivity contribution in [1.29, 1.82) is 0 Å². The number of aliphatic hydroxyl groups excluding tert-OH is 1. The molecule has 1 saturated heterocycles. The van der Waals surface area contributed by atoms with Gasteiger partial charge < -0.3 is 24.8 Å². The number of hydrogen-bond acceptors (Lipinski definition) is 14. The molecule has 1 fully saturated rings. The lowest BCUT2D eigenvalue weighted by Crippen LogP contribution is -2.47. The van der Waals surface area contributed by atoms with E-state index in [0.29, 0.717) is 0 Å². The molecule has 1 aliphatic rings. The Hall–Kier alpha value is -4.37. The van der Waals surface area contributed by atoms with Crippen LogP contribution in [0.15, 0.2) is 60.9 Å². The third-order valence-corrected chi connectivity index (χ3v) is 10.4.